The Morgan fingerprint density at radius 1 is 1.37 bits per heavy atom. The van der Waals surface area contributed by atoms with Crippen molar-refractivity contribution in [3.63, 3.8) is 0 Å². The fourth-order valence-corrected chi connectivity index (χ4v) is 2.42. The zero-order valence-corrected chi connectivity index (χ0v) is 11.8. The summed E-state index contributed by atoms with van der Waals surface area (Å²) >= 11 is 0. The molecule has 1 unspecified atom stereocenters. The fraction of sp³-hybridized carbons (Fsp3) is 0.714. The number of hydrogen-bond acceptors (Lipinski definition) is 4. The van der Waals surface area contributed by atoms with Gasteiger partial charge in [0.2, 0.25) is 5.78 Å². The van der Waals surface area contributed by atoms with E-state index in [9.17, 15) is 9.59 Å². The van der Waals surface area contributed by atoms with Crippen molar-refractivity contribution in [3.05, 3.63) is 12.3 Å². The first-order valence-corrected chi connectivity index (χ1v) is 6.69. The lowest BCUT2D eigenvalue weighted by molar-refractivity contribution is -0.130. The summed E-state index contributed by atoms with van der Waals surface area (Å²) in [5.74, 6) is 0.0125. The van der Waals surface area contributed by atoms with Crippen LogP contribution in [0.4, 0.5) is 4.79 Å². The molecule has 0 aliphatic carbocycles. The van der Waals surface area contributed by atoms with Gasteiger partial charge >= 0.3 is 6.09 Å². The number of ether oxygens (including phenoxy) is 2. The SMILES string of the molecule is CC(C)(C)OC(=O)N1CCCC2(CC1)OC=CC2=O. The number of amides is 1. The molecule has 0 aromatic carbocycles. The van der Waals surface area contributed by atoms with Crippen LogP contribution in [0.25, 0.3) is 0 Å². The third kappa shape index (κ3) is 3.08. The Kier molecular flexibility index (Phi) is 3.56. The van der Waals surface area contributed by atoms with E-state index < -0.39 is 11.2 Å². The molecule has 1 spiro atoms. The molecule has 1 amide bonds. The van der Waals surface area contributed by atoms with E-state index in [1.807, 2.05) is 20.8 Å². The minimum atomic E-state index is -0.739. The summed E-state index contributed by atoms with van der Waals surface area (Å²) in [6.07, 6.45) is 4.54. The molecule has 2 aliphatic heterocycles. The van der Waals surface area contributed by atoms with Crippen LogP contribution >= 0.6 is 0 Å². The molecule has 1 atom stereocenters. The first-order valence-electron chi connectivity index (χ1n) is 6.69. The van der Waals surface area contributed by atoms with E-state index in [2.05, 4.69) is 0 Å². The molecule has 1 saturated heterocycles. The van der Waals surface area contributed by atoms with Crippen LogP contribution in [0.5, 0.6) is 0 Å². The van der Waals surface area contributed by atoms with Crippen molar-refractivity contribution in [1.82, 2.24) is 4.90 Å². The van der Waals surface area contributed by atoms with E-state index in [0.29, 0.717) is 25.9 Å². The lowest BCUT2D eigenvalue weighted by Gasteiger charge is -2.27. The van der Waals surface area contributed by atoms with Gasteiger partial charge in [0.05, 0.1) is 6.26 Å². The smallest absolute Gasteiger partial charge is 0.410 e. The van der Waals surface area contributed by atoms with Crippen molar-refractivity contribution in [2.75, 3.05) is 13.1 Å². The predicted molar refractivity (Wildman–Crippen MR) is 69.6 cm³/mol. The number of carbonyl (C=O) groups is 2. The molecule has 2 rings (SSSR count). The summed E-state index contributed by atoms with van der Waals surface area (Å²) in [6, 6.07) is 0. The molecule has 106 valence electrons. The number of likely N-dealkylation sites (tertiary alicyclic amines) is 1. The summed E-state index contributed by atoms with van der Waals surface area (Å²) in [5, 5.41) is 0. The average Bonchev–Trinajstić information content (AvgIpc) is 2.52. The highest BCUT2D eigenvalue weighted by atomic mass is 16.6. The zero-order chi connectivity index (χ0) is 14.1. The minimum Gasteiger partial charge on any atom is -0.487 e. The van der Waals surface area contributed by atoms with Gasteiger partial charge < -0.3 is 14.4 Å². The molecular weight excluding hydrogens is 246 g/mol. The lowest BCUT2D eigenvalue weighted by atomic mass is 9.91. The van der Waals surface area contributed by atoms with Crippen LogP contribution in [-0.2, 0) is 14.3 Å². The molecule has 0 aromatic heterocycles. The largest absolute Gasteiger partial charge is 0.487 e. The minimum absolute atomic E-state index is 0.0125. The van der Waals surface area contributed by atoms with Crippen molar-refractivity contribution < 1.29 is 19.1 Å². The molecule has 2 aliphatic rings. The molecule has 0 saturated carbocycles. The molecule has 5 heteroatoms. The maximum absolute atomic E-state index is 12.0. The third-order valence-corrected chi connectivity index (χ3v) is 3.41. The molecule has 0 bridgehead atoms. The van der Waals surface area contributed by atoms with Crippen molar-refractivity contribution in [3.8, 4) is 0 Å². The molecule has 0 N–H and O–H groups in total. The fourth-order valence-electron chi connectivity index (χ4n) is 2.42. The highest BCUT2D eigenvalue weighted by Gasteiger charge is 2.43. The van der Waals surface area contributed by atoms with Crippen molar-refractivity contribution in [2.45, 2.75) is 51.2 Å². The number of ketones is 1. The Morgan fingerprint density at radius 3 is 2.68 bits per heavy atom. The van der Waals surface area contributed by atoms with E-state index >= 15 is 0 Å². The second-order valence-electron chi connectivity index (χ2n) is 6.10. The average molecular weight is 267 g/mol. The summed E-state index contributed by atoms with van der Waals surface area (Å²) < 4.78 is 10.9. The van der Waals surface area contributed by atoms with Crippen molar-refractivity contribution in [2.24, 2.45) is 0 Å². The van der Waals surface area contributed by atoms with Gasteiger partial charge in [-0.05, 0) is 33.6 Å². The van der Waals surface area contributed by atoms with Crippen LogP contribution in [0.2, 0.25) is 0 Å². The number of rotatable bonds is 0. The van der Waals surface area contributed by atoms with Crippen LogP contribution in [0.3, 0.4) is 0 Å². The van der Waals surface area contributed by atoms with Crippen molar-refractivity contribution in [1.29, 1.82) is 0 Å². The molecule has 0 aromatic rings. The Hall–Kier alpha value is -1.52. The van der Waals surface area contributed by atoms with E-state index in [1.165, 1.54) is 12.3 Å². The summed E-state index contributed by atoms with van der Waals surface area (Å²) in [7, 11) is 0. The highest BCUT2D eigenvalue weighted by molar-refractivity contribution is 5.98. The van der Waals surface area contributed by atoms with Crippen LogP contribution in [0, 0.1) is 0 Å². The Balaban J connectivity index is 1.97. The van der Waals surface area contributed by atoms with Gasteiger partial charge in [-0.15, -0.1) is 0 Å². The quantitative estimate of drug-likeness (QED) is 0.675. The standard InChI is InChI=1S/C14H21NO4/c1-13(2,3)19-12(17)15-8-4-6-14(7-9-15)11(16)5-10-18-14/h5,10H,4,6-9H2,1-3H3. The van der Waals surface area contributed by atoms with E-state index in [1.54, 1.807) is 4.90 Å². The number of carbonyl (C=O) groups excluding carboxylic acids is 2. The zero-order valence-electron chi connectivity index (χ0n) is 11.8. The normalized spacial score (nSPS) is 27.3. The molecule has 0 radical (unpaired) electrons. The molecular formula is C14H21NO4. The van der Waals surface area contributed by atoms with E-state index in [4.69, 9.17) is 9.47 Å². The maximum Gasteiger partial charge on any atom is 0.410 e. The number of nitrogens with zero attached hydrogens (tertiary/aromatic N) is 1. The van der Waals surface area contributed by atoms with Crippen LogP contribution in [0.1, 0.15) is 40.0 Å². The second-order valence-corrected chi connectivity index (χ2v) is 6.10. The van der Waals surface area contributed by atoms with Crippen LogP contribution in [-0.4, -0.2) is 41.1 Å². The van der Waals surface area contributed by atoms with Gasteiger partial charge in [-0.25, -0.2) is 4.79 Å². The van der Waals surface area contributed by atoms with Gasteiger partial charge in [0.15, 0.2) is 5.60 Å². The second kappa shape index (κ2) is 4.87. The maximum atomic E-state index is 12.0. The predicted octanol–water partition coefficient (Wildman–Crippen LogP) is 2.26. The van der Waals surface area contributed by atoms with Gasteiger partial charge in [-0.2, -0.15) is 0 Å². The third-order valence-electron chi connectivity index (χ3n) is 3.41. The van der Waals surface area contributed by atoms with Gasteiger partial charge in [-0.1, -0.05) is 0 Å². The molecule has 5 nitrogen and oxygen atoms in total. The van der Waals surface area contributed by atoms with Crippen LogP contribution < -0.4 is 0 Å². The molecule has 1 fully saturated rings. The van der Waals surface area contributed by atoms with Crippen LogP contribution in [0.15, 0.2) is 12.3 Å². The summed E-state index contributed by atoms with van der Waals surface area (Å²) in [4.78, 5) is 25.5. The number of hydrogen-bond donors (Lipinski definition) is 0. The van der Waals surface area contributed by atoms with E-state index in [-0.39, 0.29) is 11.9 Å². The van der Waals surface area contributed by atoms with E-state index in [0.717, 1.165) is 6.42 Å². The Bertz CT molecular complexity index is 410. The highest BCUT2D eigenvalue weighted by Crippen LogP contribution is 2.32. The topological polar surface area (TPSA) is 55.8 Å². The first kappa shape index (κ1) is 13.9. The lowest BCUT2D eigenvalue weighted by Crippen LogP contribution is -2.40. The summed E-state index contributed by atoms with van der Waals surface area (Å²) in [5.41, 5.74) is -1.24. The van der Waals surface area contributed by atoms with Crippen molar-refractivity contribution >= 4 is 11.9 Å². The van der Waals surface area contributed by atoms with Gasteiger partial charge in [0.25, 0.3) is 0 Å². The molecule has 2 heterocycles. The monoisotopic (exact) mass is 267 g/mol. The van der Waals surface area contributed by atoms with Gasteiger partial charge in [0.1, 0.15) is 5.60 Å². The Labute approximate surface area is 113 Å². The molecule has 19 heavy (non-hydrogen) atoms. The van der Waals surface area contributed by atoms with Gasteiger partial charge in [-0.3, -0.25) is 4.79 Å². The van der Waals surface area contributed by atoms with Gasteiger partial charge in [0, 0.05) is 25.6 Å². The first-order chi connectivity index (χ1) is 8.82. The summed E-state index contributed by atoms with van der Waals surface area (Å²) in [6.45, 7) is 6.63. The Morgan fingerprint density at radius 2 is 2.11 bits per heavy atom.